The molecule has 1 fully saturated rings. The predicted octanol–water partition coefficient (Wildman–Crippen LogP) is 2.63. The van der Waals surface area contributed by atoms with Crippen LogP contribution >= 0.6 is 0 Å². The molecular formula is C16H23F2NO2. The predicted molar refractivity (Wildman–Crippen MR) is 76.8 cm³/mol. The van der Waals surface area contributed by atoms with Gasteiger partial charge in [0.1, 0.15) is 11.6 Å². The zero-order valence-corrected chi connectivity index (χ0v) is 12.1. The van der Waals surface area contributed by atoms with Gasteiger partial charge in [-0.15, -0.1) is 0 Å². The van der Waals surface area contributed by atoms with Gasteiger partial charge in [0.15, 0.2) is 0 Å². The van der Waals surface area contributed by atoms with E-state index in [1.165, 1.54) is 25.0 Å². The average molecular weight is 299 g/mol. The van der Waals surface area contributed by atoms with E-state index >= 15 is 0 Å². The third-order valence-electron chi connectivity index (χ3n) is 4.19. The Morgan fingerprint density at radius 3 is 2.29 bits per heavy atom. The number of hydrogen-bond acceptors (Lipinski definition) is 3. The molecule has 1 atom stereocenters. The Hall–Kier alpha value is -1.04. The molecule has 1 unspecified atom stereocenters. The van der Waals surface area contributed by atoms with E-state index in [-0.39, 0.29) is 12.2 Å². The van der Waals surface area contributed by atoms with E-state index in [2.05, 4.69) is 4.90 Å². The van der Waals surface area contributed by atoms with Gasteiger partial charge in [0.25, 0.3) is 0 Å². The van der Waals surface area contributed by atoms with Gasteiger partial charge in [-0.3, -0.25) is 4.90 Å². The molecule has 0 amide bonds. The molecule has 21 heavy (non-hydrogen) atoms. The van der Waals surface area contributed by atoms with Crippen molar-refractivity contribution in [3.05, 3.63) is 35.4 Å². The molecular weight excluding hydrogens is 276 g/mol. The Morgan fingerprint density at radius 2 is 1.71 bits per heavy atom. The molecule has 0 saturated heterocycles. The number of benzene rings is 1. The maximum atomic E-state index is 13.2. The molecule has 1 saturated carbocycles. The molecule has 1 aromatic rings. The van der Waals surface area contributed by atoms with Crippen LogP contribution in [-0.4, -0.2) is 40.9 Å². The van der Waals surface area contributed by atoms with Crippen molar-refractivity contribution >= 4 is 0 Å². The fourth-order valence-corrected chi connectivity index (χ4v) is 3.10. The first-order valence-electron chi connectivity index (χ1n) is 7.59. The van der Waals surface area contributed by atoms with Crippen molar-refractivity contribution in [2.24, 2.45) is 0 Å². The summed E-state index contributed by atoms with van der Waals surface area (Å²) in [6.07, 6.45) is 4.14. The Morgan fingerprint density at radius 1 is 1.10 bits per heavy atom. The maximum Gasteiger partial charge on any atom is 0.126 e. The number of halogens is 2. The van der Waals surface area contributed by atoms with Crippen molar-refractivity contribution in [2.45, 2.75) is 44.2 Å². The molecule has 0 bridgehead atoms. The standard InChI is InChI=1S/C16H23F2NO2/c17-13-9-12(10-14(18)11-13)16(21)5-6-19(7-8-20)15-3-1-2-4-15/h9-11,15-16,20-21H,1-8H2. The molecule has 1 aliphatic carbocycles. The molecule has 0 radical (unpaired) electrons. The van der Waals surface area contributed by atoms with Gasteiger partial charge in [-0.1, -0.05) is 12.8 Å². The first-order valence-corrected chi connectivity index (χ1v) is 7.59. The minimum atomic E-state index is -0.891. The Balaban J connectivity index is 1.92. The summed E-state index contributed by atoms with van der Waals surface area (Å²) in [7, 11) is 0. The summed E-state index contributed by atoms with van der Waals surface area (Å²) < 4.78 is 26.3. The van der Waals surface area contributed by atoms with E-state index in [4.69, 9.17) is 5.11 Å². The van der Waals surface area contributed by atoms with Crippen LogP contribution in [0.2, 0.25) is 0 Å². The van der Waals surface area contributed by atoms with Crippen molar-refractivity contribution < 1.29 is 19.0 Å². The monoisotopic (exact) mass is 299 g/mol. The molecule has 1 aromatic carbocycles. The highest BCUT2D eigenvalue weighted by Crippen LogP contribution is 2.25. The SMILES string of the molecule is OCCN(CCC(O)c1cc(F)cc(F)c1)C1CCCC1. The van der Waals surface area contributed by atoms with Crippen molar-refractivity contribution in [1.82, 2.24) is 4.90 Å². The van der Waals surface area contributed by atoms with Gasteiger partial charge in [-0.05, 0) is 37.0 Å². The maximum absolute atomic E-state index is 13.2. The van der Waals surface area contributed by atoms with Crippen LogP contribution in [0.4, 0.5) is 8.78 Å². The zero-order chi connectivity index (χ0) is 15.2. The lowest BCUT2D eigenvalue weighted by molar-refractivity contribution is 0.108. The highest BCUT2D eigenvalue weighted by Gasteiger charge is 2.23. The Bertz CT molecular complexity index is 430. The van der Waals surface area contributed by atoms with Gasteiger partial charge in [-0.2, -0.15) is 0 Å². The fourth-order valence-electron chi connectivity index (χ4n) is 3.10. The van der Waals surface area contributed by atoms with Crippen molar-refractivity contribution in [3.8, 4) is 0 Å². The van der Waals surface area contributed by atoms with E-state index in [1.807, 2.05) is 0 Å². The fraction of sp³-hybridized carbons (Fsp3) is 0.625. The highest BCUT2D eigenvalue weighted by molar-refractivity contribution is 5.20. The van der Waals surface area contributed by atoms with Crippen LogP contribution < -0.4 is 0 Å². The summed E-state index contributed by atoms with van der Waals surface area (Å²) in [4.78, 5) is 2.17. The van der Waals surface area contributed by atoms with Gasteiger partial charge in [0.2, 0.25) is 0 Å². The molecule has 2 rings (SSSR count). The van der Waals surface area contributed by atoms with Gasteiger partial charge in [-0.25, -0.2) is 8.78 Å². The topological polar surface area (TPSA) is 43.7 Å². The smallest absolute Gasteiger partial charge is 0.126 e. The lowest BCUT2D eigenvalue weighted by atomic mass is 10.1. The summed E-state index contributed by atoms with van der Waals surface area (Å²) in [5.41, 5.74) is 0.267. The lowest BCUT2D eigenvalue weighted by Gasteiger charge is -2.29. The van der Waals surface area contributed by atoms with Crippen LogP contribution in [0.5, 0.6) is 0 Å². The first-order chi connectivity index (χ1) is 10.1. The zero-order valence-electron chi connectivity index (χ0n) is 12.1. The summed E-state index contributed by atoms with van der Waals surface area (Å²) in [5, 5.41) is 19.3. The molecule has 0 heterocycles. The van der Waals surface area contributed by atoms with Crippen LogP contribution in [-0.2, 0) is 0 Å². The quantitative estimate of drug-likeness (QED) is 0.813. The third kappa shape index (κ3) is 4.73. The van der Waals surface area contributed by atoms with Crippen LogP contribution in [0.15, 0.2) is 18.2 Å². The van der Waals surface area contributed by atoms with E-state index in [9.17, 15) is 13.9 Å². The molecule has 1 aliphatic rings. The van der Waals surface area contributed by atoms with Crippen molar-refractivity contribution in [2.75, 3.05) is 19.7 Å². The normalized spacial score (nSPS) is 17.6. The Labute approximate surface area is 124 Å². The van der Waals surface area contributed by atoms with Crippen LogP contribution in [0.1, 0.15) is 43.8 Å². The Kier molecular flexibility index (Phi) is 6.08. The van der Waals surface area contributed by atoms with E-state index in [1.54, 1.807) is 0 Å². The summed E-state index contributed by atoms with van der Waals surface area (Å²) in [6, 6.07) is 3.58. The van der Waals surface area contributed by atoms with Crippen LogP contribution in [0.25, 0.3) is 0 Å². The van der Waals surface area contributed by atoms with Crippen LogP contribution in [0, 0.1) is 11.6 Å². The number of aliphatic hydroxyl groups is 2. The summed E-state index contributed by atoms with van der Waals surface area (Å²) >= 11 is 0. The van der Waals surface area contributed by atoms with Gasteiger partial charge in [0.05, 0.1) is 12.7 Å². The molecule has 2 N–H and O–H groups in total. The van der Waals surface area contributed by atoms with E-state index in [0.29, 0.717) is 25.6 Å². The second kappa shape index (κ2) is 7.82. The average Bonchev–Trinajstić information content (AvgIpc) is 2.96. The number of rotatable bonds is 7. The third-order valence-corrected chi connectivity index (χ3v) is 4.19. The largest absolute Gasteiger partial charge is 0.395 e. The molecule has 0 aliphatic heterocycles. The van der Waals surface area contributed by atoms with Gasteiger partial charge >= 0.3 is 0 Å². The van der Waals surface area contributed by atoms with Gasteiger partial charge in [0, 0.05) is 25.2 Å². The van der Waals surface area contributed by atoms with Crippen molar-refractivity contribution in [1.29, 1.82) is 0 Å². The summed E-state index contributed by atoms with van der Waals surface area (Å²) in [6.45, 7) is 1.28. The highest BCUT2D eigenvalue weighted by atomic mass is 19.1. The molecule has 0 aromatic heterocycles. The van der Waals surface area contributed by atoms with Crippen molar-refractivity contribution in [3.63, 3.8) is 0 Å². The number of nitrogens with zero attached hydrogens (tertiary/aromatic N) is 1. The molecule has 5 heteroatoms. The van der Waals surface area contributed by atoms with E-state index < -0.39 is 17.7 Å². The van der Waals surface area contributed by atoms with E-state index in [0.717, 1.165) is 18.9 Å². The minimum absolute atomic E-state index is 0.0845. The number of hydrogen-bond donors (Lipinski definition) is 2. The molecule has 0 spiro atoms. The second-order valence-corrected chi connectivity index (χ2v) is 5.71. The summed E-state index contributed by atoms with van der Waals surface area (Å²) in [5.74, 6) is -1.35. The lowest BCUT2D eigenvalue weighted by Crippen LogP contribution is -2.37. The van der Waals surface area contributed by atoms with Gasteiger partial charge < -0.3 is 10.2 Å². The molecule has 118 valence electrons. The number of aliphatic hydroxyl groups excluding tert-OH is 2. The second-order valence-electron chi connectivity index (χ2n) is 5.71. The minimum Gasteiger partial charge on any atom is -0.395 e. The van der Waals surface area contributed by atoms with Crippen LogP contribution in [0.3, 0.4) is 0 Å². The first kappa shape index (κ1) is 16.3. The molecule has 3 nitrogen and oxygen atoms in total.